The Balaban J connectivity index is 2.05. The van der Waals surface area contributed by atoms with Crippen molar-refractivity contribution in [1.29, 1.82) is 0 Å². The summed E-state index contributed by atoms with van der Waals surface area (Å²) in [7, 11) is 0. The number of aliphatic hydroxyl groups excluding tert-OH is 1. The van der Waals surface area contributed by atoms with E-state index in [1.807, 2.05) is 6.92 Å². The maximum Gasteiger partial charge on any atom is 0.322 e. The van der Waals surface area contributed by atoms with E-state index in [1.54, 1.807) is 28.7 Å². The number of hydrogen-bond donors (Lipinski definition) is 2. The minimum Gasteiger partial charge on any atom is -0.393 e. The van der Waals surface area contributed by atoms with Gasteiger partial charge < -0.3 is 19.9 Å². The predicted molar refractivity (Wildman–Crippen MR) is 81.4 cm³/mol. The van der Waals surface area contributed by atoms with Crippen LogP contribution in [0.5, 0.6) is 0 Å². The largest absolute Gasteiger partial charge is 0.393 e. The quantitative estimate of drug-likeness (QED) is 0.886. The molecule has 1 aromatic rings. The Kier molecular flexibility index (Phi) is 5.01. The van der Waals surface area contributed by atoms with Crippen molar-refractivity contribution in [2.45, 2.75) is 51.8 Å². The minimum absolute atomic E-state index is 0.0800. The number of nitrogens with one attached hydrogen (secondary N) is 1. The van der Waals surface area contributed by atoms with E-state index in [2.05, 4.69) is 5.32 Å². The number of anilines is 1. The Hall–Kier alpha value is -1.82. The lowest BCUT2D eigenvalue weighted by Crippen LogP contribution is -2.40. The second kappa shape index (κ2) is 6.76. The number of likely N-dealkylation sites (tertiary alicyclic amines) is 1. The lowest BCUT2D eigenvalue weighted by atomic mass is 10.1. The predicted octanol–water partition coefficient (Wildman–Crippen LogP) is 1.64. The van der Waals surface area contributed by atoms with E-state index in [0.717, 1.165) is 12.8 Å². The van der Waals surface area contributed by atoms with Crippen LogP contribution in [0.3, 0.4) is 0 Å². The van der Waals surface area contributed by atoms with Crippen molar-refractivity contribution in [2.24, 2.45) is 0 Å². The number of aryl methyl sites for hydroxylation is 1. The van der Waals surface area contributed by atoms with Crippen LogP contribution in [0, 0.1) is 0 Å². The van der Waals surface area contributed by atoms with E-state index in [1.165, 1.54) is 6.07 Å². The number of nitrogens with zero attached hydrogens (tertiary/aromatic N) is 2. The molecule has 0 radical (unpaired) electrons. The van der Waals surface area contributed by atoms with Gasteiger partial charge >= 0.3 is 6.03 Å². The SMILES string of the molecule is CCn1cc(NC(=O)N2CCCC2CC(C)O)ccc1=O. The van der Waals surface area contributed by atoms with Crippen molar-refractivity contribution in [3.8, 4) is 0 Å². The number of hydrogen-bond acceptors (Lipinski definition) is 3. The summed E-state index contributed by atoms with van der Waals surface area (Å²) >= 11 is 0. The monoisotopic (exact) mass is 293 g/mol. The molecule has 1 saturated heterocycles. The van der Waals surface area contributed by atoms with Crippen molar-refractivity contribution in [3.63, 3.8) is 0 Å². The molecule has 2 rings (SSSR count). The smallest absolute Gasteiger partial charge is 0.322 e. The maximum atomic E-state index is 12.3. The fourth-order valence-corrected chi connectivity index (χ4v) is 2.79. The van der Waals surface area contributed by atoms with Gasteiger partial charge in [-0.2, -0.15) is 0 Å². The number of pyridine rings is 1. The van der Waals surface area contributed by atoms with Gasteiger partial charge in [0.2, 0.25) is 0 Å². The van der Waals surface area contributed by atoms with Crippen LogP contribution < -0.4 is 10.9 Å². The van der Waals surface area contributed by atoms with Gasteiger partial charge in [0, 0.05) is 31.4 Å². The summed E-state index contributed by atoms with van der Waals surface area (Å²) in [6.45, 7) is 4.89. The molecule has 1 fully saturated rings. The zero-order valence-corrected chi connectivity index (χ0v) is 12.6. The van der Waals surface area contributed by atoms with Gasteiger partial charge in [-0.15, -0.1) is 0 Å². The first-order valence-electron chi connectivity index (χ1n) is 7.47. The number of carbonyl (C=O) groups excluding carboxylic acids is 1. The van der Waals surface area contributed by atoms with Crippen molar-refractivity contribution in [1.82, 2.24) is 9.47 Å². The molecule has 0 aromatic carbocycles. The maximum absolute atomic E-state index is 12.3. The van der Waals surface area contributed by atoms with E-state index in [4.69, 9.17) is 0 Å². The summed E-state index contributed by atoms with van der Waals surface area (Å²) in [5.74, 6) is 0. The molecule has 116 valence electrons. The normalized spacial score (nSPS) is 19.6. The summed E-state index contributed by atoms with van der Waals surface area (Å²) in [6, 6.07) is 2.99. The molecule has 2 atom stereocenters. The molecule has 0 saturated carbocycles. The first-order valence-corrected chi connectivity index (χ1v) is 7.47. The summed E-state index contributed by atoms with van der Waals surface area (Å²) in [4.78, 5) is 25.6. The lowest BCUT2D eigenvalue weighted by Gasteiger charge is -2.26. The van der Waals surface area contributed by atoms with Gasteiger partial charge in [0.15, 0.2) is 0 Å². The molecule has 21 heavy (non-hydrogen) atoms. The summed E-state index contributed by atoms with van der Waals surface area (Å²) < 4.78 is 1.55. The highest BCUT2D eigenvalue weighted by Crippen LogP contribution is 2.22. The highest BCUT2D eigenvalue weighted by atomic mass is 16.3. The van der Waals surface area contributed by atoms with E-state index in [9.17, 15) is 14.7 Å². The first-order chi connectivity index (χ1) is 10.0. The number of aromatic nitrogens is 1. The van der Waals surface area contributed by atoms with Crippen LogP contribution in [0.1, 0.15) is 33.1 Å². The Morgan fingerprint density at radius 1 is 1.52 bits per heavy atom. The minimum atomic E-state index is -0.412. The molecule has 6 heteroatoms. The molecular weight excluding hydrogens is 270 g/mol. The van der Waals surface area contributed by atoms with Crippen LogP contribution >= 0.6 is 0 Å². The van der Waals surface area contributed by atoms with Gasteiger partial charge in [0.05, 0.1) is 11.8 Å². The molecule has 2 heterocycles. The van der Waals surface area contributed by atoms with Crippen LogP contribution in [-0.4, -0.2) is 39.3 Å². The standard InChI is InChI=1S/C15H23N3O3/c1-3-17-10-12(6-7-14(17)20)16-15(21)18-8-4-5-13(18)9-11(2)19/h6-7,10-11,13,19H,3-5,8-9H2,1-2H3,(H,16,21). The summed E-state index contributed by atoms with van der Waals surface area (Å²) in [6.07, 6.45) is 3.72. The van der Waals surface area contributed by atoms with Crippen LogP contribution in [0.25, 0.3) is 0 Å². The molecule has 2 N–H and O–H groups in total. The molecule has 2 amide bonds. The van der Waals surface area contributed by atoms with Gasteiger partial charge in [-0.3, -0.25) is 4.79 Å². The number of urea groups is 1. The Morgan fingerprint density at radius 3 is 2.95 bits per heavy atom. The van der Waals surface area contributed by atoms with Crippen LogP contribution in [-0.2, 0) is 6.54 Å². The molecule has 0 aliphatic carbocycles. The Morgan fingerprint density at radius 2 is 2.29 bits per heavy atom. The van der Waals surface area contributed by atoms with Crippen molar-refractivity contribution in [3.05, 3.63) is 28.7 Å². The molecule has 1 aromatic heterocycles. The second-order valence-electron chi connectivity index (χ2n) is 5.55. The Labute approximate surface area is 124 Å². The molecule has 1 aliphatic rings. The van der Waals surface area contributed by atoms with Crippen molar-refractivity contribution in [2.75, 3.05) is 11.9 Å². The molecule has 0 bridgehead atoms. The average molecular weight is 293 g/mol. The van der Waals surface area contributed by atoms with Crippen molar-refractivity contribution < 1.29 is 9.90 Å². The van der Waals surface area contributed by atoms with Crippen molar-refractivity contribution >= 4 is 11.7 Å². The summed E-state index contributed by atoms with van der Waals surface area (Å²) in [5, 5.41) is 12.3. The first kappa shape index (κ1) is 15.6. The molecular formula is C15H23N3O3. The van der Waals surface area contributed by atoms with Crippen LogP contribution in [0.4, 0.5) is 10.5 Å². The average Bonchev–Trinajstić information content (AvgIpc) is 2.88. The fraction of sp³-hybridized carbons (Fsp3) is 0.600. The van der Waals surface area contributed by atoms with Gasteiger partial charge in [0.25, 0.3) is 5.56 Å². The molecule has 0 spiro atoms. The van der Waals surface area contributed by atoms with E-state index in [-0.39, 0.29) is 17.6 Å². The van der Waals surface area contributed by atoms with Gasteiger partial charge in [-0.25, -0.2) is 4.79 Å². The van der Waals surface area contributed by atoms with Crippen LogP contribution in [0.15, 0.2) is 23.1 Å². The topological polar surface area (TPSA) is 74.6 Å². The molecule has 2 unspecified atom stereocenters. The third-order valence-corrected chi connectivity index (χ3v) is 3.83. The number of carbonyl (C=O) groups is 1. The number of aliphatic hydroxyl groups is 1. The van der Waals surface area contributed by atoms with Gasteiger partial charge in [-0.05, 0) is 39.2 Å². The highest BCUT2D eigenvalue weighted by Gasteiger charge is 2.29. The number of amides is 2. The van der Waals surface area contributed by atoms with Gasteiger partial charge in [-0.1, -0.05) is 0 Å². The van der Waals surface area contributed by atoms with Gasteiger partial charge in [0.1, 0.15) is 0 Å². The fourth-order valence-electron chi connectivity index (χ4n) is 2.79. The zero-order valence-electron chi connectivity index (χ0n) is 12.6. The summed E-state index contributed by atoms with van der Waals surface area (Å²) in [5.41, 5.74) is 0.535. The Bertz CT molecular complexity index is 553. The van der Waals surface area contributed by atoms with Crippen LogP contribution in [0.2, 0.25) is 0 Å². The molecule has 6 nitrogen and oxygen atoms in total. The zero-order chi connectivity index (χ0) is 15.4. The third kappa shape index (κ3) is 3.85. The number of rotatable bonds is 4. The van der Waals surface area contributed by atoms with E-state index >= 15 is 0 Å². The highest BCUT2D eigenvalue weighted by molar-refractivity contribution is 5.89. The van der Waals surface area contributed by atoms with E-state index < -0.39 is 6.10 Å². The van der Waals surface area contributed by atoms with E-state index in [0.29, 0.717) is 25.2 Å². The lowest BCUT2D eigenvalue weighted by molar-refractivity contribution is 0.142. The third-order valence-electron chi connectivity index (χ3n) is 3.83. The second-order valence-corrected chi connectivity index (χ2v) is 5.55. The molecule has 1 aliphatic heterocycles.